The number of hydrogen-bond acceptors (Lipinski definition) is 8. The summed E-state index contributed by atoms with van der Waals surface area (Å²) in [6.45, 7) is 4.07. The van der Waals surface area contributed by atoms with Crippen LogP contribution >= 0.6 is 11.3 Å². The molecule has 8 nitrogen and oxygen atoms in total. The number of benzene rings is 2. The summed E-state index contributed by atoms with van der Waals surface area (Å²) in [5.74, 6) is -3.33. The van der Waals surface area contributed by atoms with E-state index in [1.54, 1.807) is 37.3 Å². The van der Waals surface area contributed by atoms with Crippen LogP contribution < -0.4 is 9.64 Å². The van der Waals surface area contributed by atoms with E-state index >= 15 is 4.39 Å². The van der Waals surface area contributed by atoms with Gasteiger partial charge in [-0.15, -0.1) is 0 Å². The van der Waals surface area contributed by atoms with Gasteiger partial charge in [-0.3, -0.25) is 14.5 Å². The minimum atomic E-state index is -1.32. The van der Waals surface area contributed by atoms with Gasteiger partial charge in [-0.1, -0.05) is 55.0 Å². The number of aliphatic hydroxyl groups excluding tert-OH is 1. The maximum absolute atomic E-state index is 15.1. The first-order chi connectivity index (χ1) is 17.8. The van der Waals surface area contributed by atoms with Crippen molar-refractivity contribution in [3.05, 3.63) is 81.6 Å². The number of carbonyl (C=O) groups excluding carboxylic acids is 3. The molecule has 2 aromatic carbocycles. The summed E-state index contributed by atoms with van der Waals surface area (Å²) in [5, 5.41) is 11.3. The van der Waals surface area contributed by atoms with Crippen molar-refractivity contribution in [3.63, 3.8) is 0 Å². The number of anilines is 1. The zero-order valence-corrected chi connectivity index (χ0v) is 21.3. The minimum absolute atomic E-state index is 0.00366. The highest BCUT2D eigenvalue weighted by molar-refractivity contribution is 7.17. The molecule has 1 unspecified atom stereocenters. The van der Waals surface area contributed by atoms with E-state index in [-0.39, 0.29) is 32.4 Å². The Morgan fingerprint density at radius 3 is 2.65 bits per heavy atom. The number of carbonyl (C=O) groups is 3. The van der Waals surface area contributed by atoms with Gasteiger partial charge in [0.05, 0.1) is 25.0 Å². The number of aryl methyl sites for hydroxylation is 1. The number of aliphatic hydroxyl groups is 1. The lowest BCUT2D eigenvalue weighted by Crippen LogP contribution is -2.29. The van der Waals surface area contributed by atoms with Crippen LogP contribution in [0, 0.1) is 12.7 Å². The number of amides is 1. The van der Waals surface area contributed by atoms with Crippen LogP contribution in [0.1, 0.15) is 52.3 Å². The number of methoxy groups -OCH3 is 1. The molecule has 1 aliphatic heterocycles. The van der Waals surface area contributed by atoms with E-state index < -0.39 is 35.3 Å². The van der Waals surface area contributed by atoms with E-state index in [1.807, 2.05) is 6.92 Å². The van der Waals surface area contributed by atoms with E-state index in [2.05, 4.69) is 4.98 Å². The van der Waals surface area contributed by atoms with E-state index in [0.717, 1.165) is 29.1 Å². The number of ketones is 1. The van der Waals surface area contributed by atoms with Crippen LogP contribution in [0.25, 0.3) is 5.76 Å². The third-order valence-corrected chi connectivity index (χ3v) is 7.02. The molecule has 4 rings (SSSR count). The SMILES string of the molecule is CCCCOc1cccc(/C(O)=C2\C(=O)C(=O)N(c3nc(C)c(C(=O)OC)s3)C2c2ccccc2F)c1. The average molecular weight is 525 g/mol. The first kappa shape index (κ1) is 26.0. The topological polar surface area (TPSA) is 106 Å². The predicted octanol–water partition coefficient (Wildman–Crippen LogP) is 5.18. The molecule has 0 saturated carbocycles. The molecule has 0 spiro atoms. The number of thiazole rings is 1. The lowest BCUT2D eigenvalue weighted by atomic mass is 9.95. The largest absolute Gasteiger partial charge is 0.507 e. The van der Waals surface area contributed by atoms with Crippen molar-refractivity contribution in [1.29, 1.82) is 0 Å². The molecule has 1 aromatic heterocycles. The van der Waals surface area contributed by atoms with E-state index in [1.165, 1.54) is 25.3 Å². The van der Waals surface area contributed by atoms with Gasteiger partial charge in [0.1, 0.15) is 28.2 Å². The van der Waals surface area contributed by atoms with Crippen LogP contribution in [0.2, 0.25) is 0 Å². The van der Waals surface area contributed by atoms with Gasteiger partial charge in [0.15, 0.2) is 5.13 Å². The molecular formula is C27H25FN2O6S. The van der Waals surface area contributed by atoms with Crippen molar-refractivity contribution in [2.75, 3.05) is 18.6 Å². The highest BCUT2D eigenvalue weighted by Gasteiger charge is 2.49. The summed E-state index contributed by atoms with van der Waals surface area (Å²) in [6, 6.07) is 10.8. The third-order valence-electron chi connectivity index (χ3n) is 5.88. The second-order valence-corrected chi connectivity index (χ2v) is 9.30. The Bertz CT molecular complexity index is 1400. The molecule has 0 bridgehead atoms. The summed E-state index contributed by atoms with van der Waals surface area (Å²) >= 11 is 0.843. The standard InChI is InChI=1S/C27H25FN2O6S/c1-4-5-13-36-17-10-8-9-16(14-17)22(31)20-21(18-11-6-7-12-19(18)28)30(25(33)23(20)32)27-29-15(2)24(37-27)26(34)35-3/h6-12,14,21,31H,4-5,13H2,1-3H3/b22-20+. The van der Waals surface area contributed by atoms with Gasteiger partial charge in [0.25, 0.3) is 5.78 Å². The molecule has 10 heteroatoms. The lowest BCUT2D eigenvalue weighted by molar-refractivity contribution is -0.132. The third kappa shape index (κ3) is 4.97. The van der Waals surface area contributed by atoms with E-state index in [4.69, 9.17) is 9.47 Å². The number of esters is 1. The number of ether oxygens (including phenoxy) is 2. The summed E-state index contributed by atoms with van der Waals surface area (Å²) < 4.78 is 25.5. The number of unbranched alkanes of at least 4 members (excludes halogenated alkanes) is 1. The summed E-state index contributed by atoms with van der Waals surface area (Å²) in [7, 11) is 1.22. The fraction of sp³-hybridized carbons (Fsp3) is 0.259. The molecule has 1 aliphatic rings. The van der Waals surface area contributed by atoms with Gasteiger partial charge >= 0.3 is 11.9 Å². The minimum Gasteiger partial charge on any atom is -0.507 e. The molecule has 1 fully saturated rings. The number of nitrogens with zero attached hydrogens (tertiary/aromatic N) is 2. The van der Waals surface area contributed by atoms with Gasteiger partial charge < -0.3 is 14.6 Å². The Balaban J connectivity index is 1.88. The zero-order valence-electron chi connectivity index (χ0n) is 20.5. The number of Topliss-reactive ketones (excluding diaryl/α,β-unsaturated/α-hetero) is 1. The average Bonchev–Trinajstić information content (AvgIpc) is 3.40. The monoisotopic (exact) mass is 524 g/mol. The van der Waals surface area contributed by atoms with Crippen LogP contribution in [0.5, 0.6) is 5.75 Å². The van der Waals surface area contributed by atoms with Crippen LogP contribution in [-0.4, -0.2) is 41.5 Å². The Hall–Kier alpha value is -4.05. The first-order valence-electron chi connectivity index (χ1n) is 11.6. The van der Waals surface area contributed by atoms with Gasteiger partial charge in [-0.25, -0.2) is 14.2 Å². The Morgan fingerprint density at radius 1 is 1.19 bits per heavy atom. The number of rotatable bonds is 8. The van der Waals surface area contributed by atoms with Crippen LogP contribution in [0.4, 0.5) is 9.52 Å². The zero-order chi connectivity index (χ0) is 26.7. The van der Waals surface area contributed by atoms with Crippen LogP contribution in [0.15, 0.2) is 54.1 Å². The van der Waals surface area contributed by atoms with E-state index in [0.29, 0.717) is 12.4 Å². The second kappa shape index (κ2) is 10.9. The summed E-state index contributed by atoms with van der Waals surface area (Å²) in [4.78, 5) is 44.2. The van der Waals surface area contributed by atoms with Crippen molar-refractivity contribution in [1.82, 2.24) is 4.98 Å². The summed E-state index contributed by atoms with van der Waals surface area (Å²) in [5.41, 5.74) is 0.219. The van der Waals surface area contributed by atoms with Crippen molar-refractivity contribution >= 4 is 39.9 Å². The predicted molar refractivity (Wildman–Crippen MR) is 136 cm³/mol. The number of aromatic nitrogens is 1. The molecule has 1 amide bonds. The number of hydrogen-bond donors (Lipinski definition) is 1. The highest BCUT2D eigenvalue weighted by atomic mass is 32.1. The normalized spacial score (nSPS) is 16.8. The van der Waals surface area contributed by atoms with Gasteiger partial charge in [0, 0.05) is 11.1 Å². The van der Waals surface area contributed by atoms with Crippen molar-refractivity contribution < 1.29 is 33.4 Å². The molecule has 0 aliphatic carbocycles. The molecule has 1 atom stereocenters. The Morgan fingerprint density at radius 2 is 1.95 bits per heavy atom. The molecule has 3 aromatic rings. The maximum atomic E-state index is 15.1. The Kier molecular flexibility index (Phi) is 7.68. The number of halogens is 1. The first-order valence-corrected chi connectivity index (χ1v) is 12.4. The second-order valence-electron chi connectivity index (χ2n) is 8.32. The smallest absolute Gasteiger partial charge is 0.350 e. The fourth-order valence-corrected chi connectivity index (χ4v) is 5.02. The quantitative estimate of drug-likeness (QED) is 0.142. The maximum Gasteiger partial charge on any atom is 0.350 e. The highest BCUT2D eigenvalue weighted by Crippen LogP contribution is 2.44. The molecule has 2 heterocycles. The summed E-state index contributed by atoms with van der Waals surface area (Å²) in [6.07, 6.45) is 1.79. The van der Waals surface area contributed by atoms with Gasteiger partial charge in [-0.2, -0.15) is 0 Å². The molecule has 0 radical (unpaired) electrons. The van der Waals surface area contributed by atoms with Crippen molar-refractivity contribution in [2.24, 2.45) is 0 Å². The van der Waals surface area contributed by atoms with Gasteiger partial charge in [0.2, 0.25) is 0 Å². The fourth-order valence-electron chi connectivity index (χ4n) is 4.01. The van der Waals surface area contributed by atoms with Crippen molar-refractivity contribution in [3.8, 4) is 5.75 Å². The molecular weight excluding hydrogens is 499 g/mol. The van der Waals surface area contributed by atoms with Crippen LogP contribution in [0.3, 0.4) is 0 Å². The molecule has 1 N–H and O–H groups in total. The van der Waals surface area contributed by atoms with Crippen LogP contribution in [-0.2, 0) is 14.3 Å². The Labute approximate surface area is 217 Å². The van der Waals surface area contributed by atoms with Crippen molar-refractivity contribution in [2.45, 2.75) is 32.7 Å². The lowest BCUT2D eigenvalue weighted by Gasteiger charge is -2.23. The van der Waals surface area contributed by atoms with E-state index in [9.17, 15) is 19.5 Å². The molecule has 192 valence electrons. The molecule has 1 saturated heterocycles. The molecule has 37 heavy (non-hydrogen) atoms. The van der Waals surface area contributed by atoms with Gasteiger partial charge in [-0.05, 0) is 31.5 Å².